The fraction of sp³-hybridized carbons (Fsp3) is 0.273. The summed E-state index contributed by atoms with van der Waals surface area (Å²) in [5.74, 6) is -1.51. The van der Waals surface area contributed by atoms with E-state index < -0.39 is 34.1 Å². The first kappa shape index (κ1) is 23.0. The van der Waals surface area contributed by atoms with Gasteiger partial charge in [-0.15, -0.1) is 0 Å². The molecule has 3 amide bonds. The highest BCUT2D eigenvalue weighted by Gasteiger charge is 2.37. The Morgan fingerprint density at radius 3 is 2.21 bits per heavy atom. The Kier molecular flexibility index (Phi) is 6.04. The van der Waals surface area contributed by atoms with Gasteiger partial charge in [0.05, 0.1) is 20.7 Å². The number of hydrogen-bond donors (Lipinski definition) is 0. The van der Waals surface area contributed by atoms with E-state index in [9.17, 15) is 22.8 Å². The van der Waals surface area contributed by atoms with Crippen molar-refractivity contribution in [1.82, 2.24) is 14.8 Å². The van der Waals surface area contributed by atoms with Crippen molar-refractivity contribution in [2.45, 2.75) is 4.90 Å². The Bertz CT molecular complexity index is 1350. The van der Waals surface area contributed by atoms with Crippen molar-refractivity contribution in [3.63, 3.8) is 0 Å². The zero-order valence-corrected chi connectivity index (χ0v) is 19.9. The molecule has 33 heavy (non-hydrogen) atoms. The van der Waals surface area contributed by atoms with Gasteiger partial charge in [-0.25, -0.2) is 13.4 Å². The third kappa shape index (κ3) is 4.39. The van der Waals surface area contributed by atoms with Gasteiger partial charge in [0.25, 0.3) is 11.8 Å². The first-order chi connectivity index (χ1) is 15.6. The van der Waals surface area contributed by atoms with Crippen LogP contribution in [-0.2, 0) is 14.6 Å². The molecule has 0 spiro atoms. The van der Waals surface area contributed by atoms with Gasteiger partial charge in [0.1, 0.15) is 12.1 Å². The van der Waals surface area contributed by atoms with Crippen molar-refractivity contribution in [1.29, 1.82) is 0 Å². The van der Waals surface area contributed by atoms with Crippen molar-refractivity contribution >= 4 is 54.2 Å². The normalized spacial score (nSPS) is 13.8. The van der Waals surface area contributed by atoms with Gasteiger partial charge in [0.15, 0.2) is 15.0 Å². The molecule has 0 aliphatic carbocycles. The van der Waals surface area contributed by atoms with E-state index in [1.165, 1.54) is 22.3 Å². The van der Waals surface area contributed by atoms with Gasteiger partial charge in [0.2, 0.25) is 5.91 Å². The number of sulfone groups is 1. The molecule has 1 aliphatic rings. The Balaban J connectivity index is 1.68. The fourth-order valence-electron chi connectivity index (χ4n) is 3.56. The van der Waals surface area contributed by atoms with E-state index in [0.717, 1.165) is 11.2 Å². The Hall–Kier alpha value is -3.15. The molecule has 4 rings (SSSR count). The number of amides is 3. The molecular formula is C22H22N4O5S2. The van der Waals surface area contributed by atoms with Crippen LogP contribution in [0.2, 0.25) is 0 Å². The quantitative estimate of drug-likeness (QED) is 0.469. The standard InChI is InChI=1S/C22H22N4O5S2/c1-24(2)11-12-25(22-23-19-16(32-22)9-6-10-17(19)33(3,30)31)18(27)13-26-20(28)14-7-4-5-8-15(14)21(26)29/h4-10H,11-13H2,1-3H3. The van der Waals surface area contributed by atoms with Gasteiger partial charge in [-0.05, 0) is 38.4 Å². The number of imide groups is 1. The number of carbonyl (C=O) groups excluding carboxylic acids is 3. The average molecular weight is 487 g/mol. The second-order valence-corrected chi connectivity index (χ2v) is 11.0. The van der Waals surface area contributed by atoms with Gasteiger partial charge in [-0.3, -0.25) is 24.2 Å². The van der Waals surface area contributed by atoms with E-state index >= 15 is 0 Å². The predicted molar refractivity (Wildman–Crippen MR) is 125 cm³/mol. The molecular weight excluding hydrogens is 464 g/mol. The van der Waals surface area contributed by atoms with Gasteiger partial charge < -0.3 is 4.90 Å². The smallest absolute Gasteiger partial charge is 0.262 e. The minimum Gasteiger partial charge on any atom is -0.308 e. The van der Waals surface area contributed by atoms with E-state index in [2.05, 4.69) is 4.98 Å². The molecule has 0 atom stereocenters. The zero-order chi connectivity index (χ0) is 23.9. The maximum atomic E-state index is 13.3. The highest BCUT2D eigenvalue weighted by molar-refractivity contribution is 7.91. The number of hydrogen-bond acceptors (Lipinski definition) is 8. The number of anilines is 1. The third-order valence-electron chi connectivity index (χ3n) is 5.24. The lowest BCUT2D eigenvalue weighted by atomic mass is 10.1. The number of thiazole rings is 1. The Morgan fingerprint density at radius 2 is 1.64 bits per heavy atom. The molecule has 0 unspecified atom stereocenters. The number of fused-ring (bicyclic) bond motifs is 2. The molecule has 0 radical (unpaired) electrons. The number of likely N-dealkylation sites (N-methyl/N-ethyl adjacent to an activating group) is 1. The molecule has 3 aromatic rings. The molecule has 9 nitrogen and oxygen atoms in total. The van der Waals surface area contributed by atoms with Crippen LogP contribution in [0.15, 0.2) is 47.4 Å². The number of rotatable bonds is 7. The third-order valence-corrected chi connectivity index (χ3v) is 7.42. The van der Waals surface area contributed by atoms with Gasteiger partial charge in [-0.2, -0.15) is 0 Å². The second-order valence-electron chi connectivity index (χ2n) is 7.96. The molecule has 1 aromatic heterocycles. The summed E-state index contributed by atoms with van der Waals surface area (Å²) in [6.07, 6.45) is 1.11. The molecule has 1 aliphatic heterocycles. The lowest BCUT2D eigenvalue weighted by Gasteiger charge is -2.24. The number of nitrogens with zero attached hydrogens (tertiary/aromatic N) is 4. The van der Waals surface area contributed by atoms with Gasteiger partial charge in [0, 0.05) is 19.3 Å². The largest absolute Gasteiger partial charge is 0.308 e. The van der Waals surface area contributed by atoms with Crippen molar-refractivity contribution < 1.29 is 22.8 Å². The number of para-hydroxylation sites is 1. The number of aromatic nitrogens is 1. The summed E-state index contributed by atoms with van der Waals surface area (Å²) >= 11 is 1.19. The van der Waals surface area contributed by atoms with Gasteiger partial charge >= 0.3 is 0 Å². The first-order valence-corrected chi connectivity index (χ1v) is 12.8. The van der Waals surface area contributed by atoms with Crippen LogP contribution in [0.3, 0.4) is 0 Å². The van der Waals surface area contributed by atoms with Crippen LogP contribution in [0.4, 0.5) is 5.13 Å². The minimum atomic E-state index is -3.52. The van der Waals surface area contributed by atoms with E-state index in [1.54, 1.807) is 36.4 Å². The first-order valence-electron chi connectivity index (χ1n) is 10.1. The van der Waals surface area contributed by atoms with Crippen LogP contribution in [0.5, 0.6) is 0 Å². The zero-order valence-electron chi connectivity index (χ0n) is 18.3. The summed E-state index contributed by atoms with van der Waals surface area (Å²) in [4.78, 5) is 47.5. The lowest BCUT2D eigenvalue weighted by molar-refractivity contribution is -0.119. The molecule has 0 fully saturated rings. The maximum Gasteiger partial charge on any atom is 0.262 e. The number of carbonyl (C=O) groups is 3. The molecule has 2 heterocycles. The SMILES string of the molecule is CN(C)CCN(C(=O)CN1C(=O)c2ccccc2C1=O)c1nc2c(S(C)(=O)=O)cccc2s1. The maximum absolute atomic E-state index is 13.3. The van der Waals surface area contributed by atoms with Crippen LogP contribution >= 0.6 is 11.3 Å². The highest BCUT2D eigenvalue weighted by Crippen LogP contribution is 2.33. The minimum absolute atomic E-state index is 0.0860. The summed E-state index contributed by atoms with van der Waals surface area (Å²) < 4.78 is 25.0. The van der Waals surface area contributed by atoms with Crippen molar-refractivity contribution in [2.75, 3.05) is 44.9 Å². The Labute approximate surface area is 195 Å². The number of benzene rings is 2. The summed E-state index contributed by atoms with van der Waals surface area (Å²) in [5, 5.41) is 0.310. The second kappa shape index (κ2) is 8.65. The van der Waals surface area contributed by atoms with Crippen LogP contribution in [0, 0.1) is 0 Å². The van der Waals surface area contributed by atoms with E-state index in [-0.39, 0.29) is 22.6 Å². The van der Waals surface area contributed by atoms with Crippen molar-refractivity contribution in [2.24, 2.45) is 0 Å². The van der Waals surface area contributed by atoms with E-state index in [4.69, 9.17) is 0 Å². The topological polar surface area (TPSA) is 108 Å². The molecule has 0 N–H and O–H groups in total. The summed E-state index contributed by atoms with van der Waals surface area (Å²) in [7, 11) is 0.192. The van der Waals surface area contributed by atoms with Crippen molar-refractivity contribution in [3.8, 4) is 0 Å². The van der Waals surface area contributed by atoms with Crippen LogP contribution < -0.4 is 4.90 Å². The molecule has 2 aromatic carbocycles. The fourth-order valence-corrected chi connectivity index (χ4v) is 5.49. The van der Waals surface area contributed by atoms with Crippen molar-refractivity contribution in [3.05, 3.63) is 53.6 Å². The summed E-state index contributed by atoms with van der Waals surface area (Å²) in [6.45, 7) is 0.320. The predicted octanol–water partition coefficient (Wildman–Crippen LogP) is 1.89. The summed E-state index contributed by atoms with van der Waals surface area (Å²) in [6, 6.07) is 11.3. The average Bonchev–Trinajstić information content (AvgIpc) is 3.28. The van der Waals surface area contributed by atoms with E-state index in [1.807, 2.05) is 19.0 Å². The summed E-state index contributed by atoms with van der Waals surface area (Å²) in [5.41, 5.74) is 0.837. The van der Waals surface area contributed by atoms with Crippen LogP contribution in [0.1, 0.15) is 20.7 Å². The molecule has 0 saturated heterocycles. The molecule has 172 valence electrons. The monoisotopic (exact) mass is 486 g/mol. The van der Waals surface area contributed by atoms with Crippen LogP contribution in [0.25, 0.3) is 10.2 Å². The molecule has 0 bridgehead atoms. The molecule has 0 saturated carbocycles. The van der Waals surface area contributed by atoms with Crippen LogP contribution in [-0.4, -0.2) is 80.9 Å². The van der Waals surface area contributed by atoms with Gasteiger partial charge in [-0.1, -0.05) is 29.5 Å². The Morgan fingerprint density at radius 1 is 1.00 bits per heavy atom. The highest BCUT2D eigenvalue weighted by atomic mass is 32.2. The lowest BCUT2D eigenvalue weighted by Crippen LogP contribution is -2.45. The molecule has 11 heteroatoms. The van der Waals surface area contributed by atoms with E-state index in [0.29, 0.717) is 21.9 Å².